The van der Waals surface area contributed by atoms with Crippen molar-refractivity contribution in [1.29, 1.82) is 0 Å². The summed E-state index contributed by atoms with van der Waals surface area (Å²) in [4.78, 5) is 0.256. The number of benzene rings is 2. The minimum Gasteiger partial charge on any atom is -0.384 e. The Labute approximate surface area is 126 Å². The van der Waals surface area contributed by atoms with Gasteiger partial charge in [0.05, 0.1) is 5.69 Å². The second-order valence-corrected chi connectivity index (χ2v) is 6.33. The fourth-order valence-electron chi connectivity index (χ4n) is 2.06. The molecule has 112 valence electrons. The van der Waals surface area contributed by atoms with Crippen LogP contribution >= 0.6 is 0 Å². The lowest BCUT2D eigenvalue weighted by Crippen LogP contribution is -2.15. The molecule has 5 heteroatoms. The molecule has 0 spiro atoms. The standard InChI is InChI=1S/C16H20N2O2S/c1-3-13-9-11-14(12-10-13)18-21(19,20)16-8-6-5-7-15(16)17-4-2/h5-12,17-18H,3-4H2,1-2H3. The highest BCUT2D eigenvalue weighted by atomic mass is 32.2. The van der Waals surface area contributed by atoms with E-state index in [1.807, 2.05) is 25.1 Å². The van der Waals surface area contributed by atoms with Crippen molar-refractivity contribution in [3.8, 4) is 0 Å². The van der Waals surface area contributed by atoms with Gasteiger partial charge in [0.1, 0.15) is 4.90 Å². The molecule has 0 aliphatic heterocycles. The molecule has 0 atom stereocenters. The SMILES string of the molecule is CCNc1ccccc1S(=O)(=O)Nc1ccc(CC)cc1. The fourth-order valence-corrected chi connectivity index (χ4v) is 3.30. The third-order valence-corrected chi connectivity index (χ3v) is 4.60. The first-order valence-electron chi connectivity index (χ1n) is 7.01. The largest absolute Gasteiger partial charge is 0.384 e. The first kappa shape index (κ1) is 15.4. The van der Waals surface area contributed by atoms with E-state index in [-0.39, 0.29) is 4.90 Å². The second kappa shape index (κ2) is 6.63. The van der Waals surface area contributed by atoms with Gasteiger partial charge in [0, 0.05) is 12.2 Å². The minimum atomic E-state index is -3.60. The summed E-state index contributed by atoms with van der Waals surface area (Å²) in [5.41, 5.74) is 2.35. The van der Waals surface area contributed by atoms with Gasteiger partial charge in [-0.2, -0.15) is 0 Å². The number of sulfonamides is 1. The highest BCUT2D eigenvalue weighted by molar-refractivity contribution is 7.92. The Morgan fingerprint density at radius 2 is 1.62 bits per heavy atom. The Kier molecular flexibility index (Phi) is 4.85. The number of hydrogen-bond acceptors (Lipinski definition) is 3. The molecule has 0 saturated heterocycles. The van der Waals surface area contributed by atoms with Crippen LogP contribution in [0.1, 0.15) is 19.4 Å². The molecule has 0 aliphatic carbocycles. The van der Waals surface area contributed by atoms with E-state index in [4.69, 9.17) is 0 Å². The molecule has 2 aromatic carbocycles. The van der Waals surface area contributed by atoms with Crippen LogP contribution in [0.15, 0.2) is 53.4 Å². The van der Waals surface area contributed by atoms with E-state index in [0.29, 0.717) is 17.9 Å². The van der Waals surface area contributed by atoms with Gasteiger partial charge in [-0.1, -0.05) is 31.2 Å². The van der Waals surface area contributed by atoms with Crippen molar-refractivity contribution in [3.05, 3.63) is 54.1 Å². The highest BCUT2D eigenvalue weighted by Gasteiger charge is 2.17. The molecule has 0 aromatic heterocycles. The van der Waals surface area contributed by atoms with Crippen LogP contribution < -0.4 is 10.0 Å². The van der Waals surface area contributed by atoms with Crippen LogP contribution in [0, 0.1) is 0 Å². The first-order valence-corrected chi connectivity index (χ1v) is 8.49. The topological polar surface area (TPSA) is 58.2 Å². The number of aryl methyl sites for hydroxylation is 1. The van der Waals surface area contributed by atoms with Gasteiger partial charge in [0.2, 0.25) is 0 Å². The lowest BCUT2D eigenvalue weighted by atomic mass is 10.2. The van der Waals surface area contributed by atoms with Crippen LogP contribution in [0.3, 0.4) is 0 Å². The predicted octanol–water partition coefficient (Wildman–Crippen LogP) is 3.48. The summed E-state index contributed by atoms with van der Waals surface area (Å²) in [6.45, 7) is 4.66. The van der Waals surface area contributed by atoms with Crippen molar-refractivity contribution in [1.82, 2.24) is 0 Å². The Bertz CT molecular complexity index is 694. The molecule has 0 aliphatic rings. The summed E-state index contributed by atoms with van der Waals surface area (Å²) < 4.78 is 27.6. The van der Waals surface area contributed by atoms with Crippen LogP contribution in [0.4, 0.5) is 11.4 Å². The Morgan fingerprint density at radius 1 is 0.952 bits per heavy atom. The van der Waals surface area contributed by atoms with Gasteiger partial charge in [-0.25, -0.2) is 8.42 Å². The van der Waals surface area contributed by atoms with E-state index < -0.39 is 10.0 Å². The van der Waals surface area contributed by atoms with Crippen molar-refractivity contribution in [3.63, 3.8) is 0 Å². The monoisotopic (exact) mass is 304 g/mol. The van der Waals surface area contributed by atoms with E-state index in [1.54, 1.807) is 30.3 Å². The summed E-state index contributed by atoms with van der Waals surface area (Å²) in [5, 5.41) is 3.07. The number of hydrogen-bond donors (Lipinski definition) is 2. The molecule has 0 heterocycles. The number of rotatable bonds is 6. The Morgan fingerprint density at radius 3 is 2.24 bits per heavy atom. The van der Waals surface area contributed by atoms with Crippen molar-refractivity contribution in [2.45, 2.75) is 25.2 Å². The molecule has 0 bridgehead atoms. The van der Waals surface area contributed by atoms with E-state index >= 15 is 0 Å². The van der Waals surface area contributed by atoms with Gasteiger partial charge >= 0.3 is 0 Å². The van der Waals surface area contributed by atoms with Crippen LogP contribution in [0.2, 0.25) is 0 Å². The maximum atomic E-state index is 12.5. The third kappa shape index (κ3) is 3.76. The number of para-hydroxylation sites is 1. The zero-order valence-corrected chi connectivity index (χ0v) is 13.1. The van der Waals surface area contributed by atoms with E-state index in [1.165, 1.54) is 5.56 Å². The molecule has 0 fully saturated rings. The van der Waals surface area contributed by atoms with Crippen molar-refractivity contribution in [2.75, 3.05) is 16.6 Å². The molecule has 0 saturated carbocycles. The van der Waals surface area contributed by atoms with E-state index in [9.17, 15) is 8.42 Å². The van der Waals surface area contributed by atoms with Crippen LogP contribution in [-0.2, 0) is 16.4 Å². The number of anilines is 2. The van der Waals surface area contributed by atoms with Crippen molar-refractivity contribution >= 4 is 21.4 Å². The molecule has 0 unspecified atom stereocenters. The molecular formula is C16H20N2O2S. The zero-order chi connectivity index (χ0) is 15.3. The lowest BCUT2D eigenvalue weighted by molar-refractivity contribution is 0.601. The van der Waals surface area contributed by atoms with Gasteiger partial charge in [-0.05, 0) is 43.2 Å². The van der Waals surface area contributed by atoms with Crippen molar-refractivity contribution < 1.29 is 8.42 Å². The summed E-state index contributed by atoms with van der Waals surface area (Å²) in [7, 11) is -3.60. The average Bonchev–Trinajstić information content (AvgIpc) is 2.48. The van der Waals surface area contributed by atoms with Crippen LogP contribution in [0.25, 0.3) is 0 Å². The summed E-state index contributed by atoms with van der Waals surface area (Å²) in [6.07, 6.45) is 0.927. The maximum Gasteiger partial charge on any atom is 0.263 e. The lowest BCUT2D eigenvalue weighted by Gasteiger charge is -2.13. The van der Waals surface area contributed by atoms with Crippen LogP contribution in [-0.4, -0.2) is 15.0 Å². The molecule has 0 amide bonds. The summed E-state index contributed by atoms with van der Waals surface area (Å²) >= 11 is 0. The minimum absolute atomic E-state index is 0.256. The molecule has 21 heavy (non-hydrogen) atoms. The quantitative estimate of drug-likeness (QED) is 0.859. The maximum absolute atomic E-state index is 12.5. The highest BCUT2D eigenvalue weighted by Crippen LogP contribution is 2.23. The first-order chi connectivity index (χ1) is 10.1. The number of nitrogens with one attached hydrogen (secondary N) is 2. The predicted molar refractivity (Wildman–Crippen MR) is 87.2 cm³/mol. The average molecular weight is 304 g/mol. The normalized spacial score (nSPS) is 11.1. The van der Waals surface area contributed by atoms with Gasteiger partial charge < -0.3 is 5.32 Å². The van der Waals surface area contributed by atoms with E-state index in [0.717, 1.165) is 6.42 Å². The van der Waals surface area contributed by atoms with Gasteiger partial charge in [0.25, 0.3) is 10.0 Å². The Balaban J connectivity index is 2.29. The third-order valence-electron chi connectivity index (χ3n) is 3.16. The molecular weight excluding hydrogens is 284 g/mol. The van der Waals surface area contributed by atoms with Crippen molar-refractivity contribution in [2.24, 2.45) is 0 Å². The van der Waals surface area contributed by atoms with Gasteiger partial charge in [0.15, 0.2) is 0 Å². The molecule has 2 aromatic rings. The molecule has 2 N–H and O–H groups in total. The molecule has 0 radical (unpaired) electrons. The molecule has 4 nitrogen and oxygen atoms in total. The summed E-state index contributed by atoms with van der Waals surface area (Å²) in [6, 6.07) is 14.3. The Hall–Kier alpha value is -2.01. The van der Waals surface area contributed by atoms with E-state index in [2.05, 4.69) is 17.0 Å². The molecule has 2 rings (SSSR count). The van der Waals surface area contributed by atoms with Crippen LogP contribution in [0.5, 0.6) is 0 Å². The van der Waals surface area contributed by atoms with Gasteiger partial charge in [-0.15, -0.1) is 0 Å². The fraction of sp³-hybridized carbons (Fsp3) is 0.250. The second-order valence-electron chi connectivity index (χ2n) is 4.68. The van der Waals surface area contributed by atoms with Gasteiger partial charge in [-0.3, -0.25) is 4.72 Å². The zero-order valence-electron chi connectivity index (χ0n) is 12.3. The smallest absolute Gasteiger partial charge is 0.263 e. The summed E-state index contributed by atoms with van der Waals surface area (Å²) in [5.74, 6) is 0.